The molecule has 4 heterocycles. The summed E-state index contributed by atoms with van der Waals surface area (Å²) in [5.74, 6) is 2.84. The number of hydrogen-bond acceptors (Lipinski definition) is 3. The molecule has 4 aliphatic rings. The van der Waals surface area contributed by atoms with Crippen LogP contribution in [0.2, 0.25) is 0 Å². The van der Waals surface area contributed by atoms with E-state index in [0.29, 0.717) is 0 Å². The van der Waals surface area contributed by atoms with E-state index in [1.54, 1.807) is 0 Å². The zero-order chi connectivity index (χ0) is 15.4. The summed E-state index contributed by atoms with van der Waals surface area (Å²) in [6.45, 7) is 3.07. The Bertz CT molecular complexity index is 613. The third-order valence-corrected chi connectivity index (χ3v) is 10.00. The molecule has 1 aromatic rings. The molecule has 0 amide bonds. The summed E-state index contributed by atoms with van der Waals surface area (Å²) in [5, 5.41) is 3.82. The lowest BCUT2D eigenvalue weighted by Gasteiger charge is -2.36. The number of allylic oxidation sites excluding steroid dienone is 1. The second-order valence-electron chi connectivity index (χ2n) is 7.58. The number of hydrogen-bond donors (Lipinski definition) is 0. The average molecular weight is 345 g/mol. The van der Waals surface area contributed by atoms with Gasteiger partial charge in [-0.1, -0.05) is 30.3 Å². The van der Waals surface area contributed by atoms with Gasteiger partial charge < -0.3 is 4.74 Å². The van der Waals surface area contributed by atoms with Gasteiger partial charge >= 0.3 is 0 Å². The minimum Gasteiger partial charge on any atom is -0.501 e. The van der Waals surface area contributed by atoms with Gasteiger partial charge in [-0.15, -0.1) is 0 Å². The largest absolute Gasteiger partial charge is 0.501 e. The van der Waals surface area contributed by atoms with Crippen LogP contribution in [-0.2, 0) is 4.74 Å². The Balaban J connectivity index is 1.22. The van der Waals surface area contributed by atoms with E-state index in [2.05, 4.69) is 60.8 Å². The van der Waals surface area contributed by atoms with Crippen molar-refractivity contribution in [1.82, 2.24) is 0 Å². The molecule has 0 radical (unpaired) electrons. The molecule has 4 aliphatic heterocycles. The molecule has 7 unspecified atom stereocenters. The Morgan fingerprint density at radius 3 is 2.70 bits per heavy atom. The van der Waals surface area contributed by atoms with Crippen LogP contribution in [0.1, 0.15) is 31.7 Å². The van der Waals surface area contributed by atoms with E-state index in [1.165, 1.54) is 30.4 Å². The predicted molar refractivity (Wildman–Crippen MR) is 101 cm³/mol. The van der Waals surface area contributed by atoms with Crippen LogP contribution in [0.15, 0.2) is 36.6 Å². The molecule has 4 fully saturated rings. The Kier molecular flexibility index (Phi) is 3.71. The van der Waals surface area contributed by atoms with Crippen molar-refractivity contribution in [3.63, 3.8) is 0 Å². The van der Waals surface area contributed by atoms with Gasteiger partial charge in [-0.25, -0.2) is 0 Å². The molecule has 7 atom stereocenters. The molecular weight excluding hydrogens is 320 g/mol. The molecule has 0 N–H and O–H groups in total. The monoisotopic (exact) mass is 344 g/mol. The first kappa shape index (κ1) is 14.8. The van der Waals surface area contributed by atoms with E-state index in [0.717, 1.165) is 45.4 Å². The molecule has 1 aromatic carbocycles. The van der Waals surface area contributed by atoms with Gasteiger partial charge in [0.05, 0.1) is 12.9 Å². The maximum absolute atomic E-state index is 6.03. The smallest absolute Gasteiger partial charge is 0.0912 e. The van der Waals surface area contributed by atoms with E-state index >= 15 is 0 Å². The fraction of sp³-hybridized carbons (Fsp3) is 0.600. The zero-order valence-corrected chi connectivity index (χ0v) is 15.2. The highest BCUT2D eigenvalue weighted by molar-refractivity contribution is 8.03. The third kappa shape index (κ3) is 2.38. The zero-order valence-electron chi connectivity index (χ0n) is 13.6. The molecule has 0 saturated carbocycles. The van der Waals surface area contributed by atoms with Crippen LogP contribution in [0.5, 0.6) is 0 Å². The number of benzene rings is 1. The van der Waals surface area contributed by atoms with Crippen LogP contribution in [0, 0.1) is 17.8 Å². The van der Waals surface area contributed by atoms with Crippen LogP contribution >= 0.6 is 23.5 Å². The second-order valence-corrected chi connectivity index (χ2v) is 10.5. The summed E-state index contributed by atoms with van der Waals surface area (Å²) < 4.78 is 6.03. The highest BCUT2D eigenvalue weighted by Gasteiger charge is 2.63. The first-order valence-corrected chi connectivity index (χ1v) is 10.8. The van der Waals surface area contributed by atoms with E-state index in [1.807, 2.05) is 6.26 Å². The summed E-state index contributed by atoms with van der Waals surface area (Å²) in [7, 11) is 0. The van der Waals surface area contributed by atoms with Crippen molar-refractivity contribution >= 4 is 29.1 Å². The topological polar surface area (TPSA) is 9.23 Å². The fourth-order valence-electron chi connectivity index (χ4n) is 5.35. The predicted octanol–water partition coefficient (Wildman–Crippen LogP) is 5.08. The van der Waals surface area contributed by atoms with Gasteiger partial charge in [-0.05, 0) is 49.2 Å². The van der Waals surface area contributed by atoms with E-state index in [9.17, 15) is 0 Å². The normalized spacial score (nSPS) is 43.9. The average Bonchev–Trinajstić information content (AvgIpc) is 3.34. The van der Waals surface area contributed by atoms with E-state index in [4.69, 9.17) is 4.74 Å². The standard InChI is InChI=1S/C20H24OS2/c1-12(13-5-3-2-4-6-13)10-21-11-14-9-17-18-15-7-8-16(22-15)19(18)20(14)23-17/h2-6,10,14-20H,7-9,11H2,1H3/b12-10-. The Labute approximate surface area is 147 Å². The van der Waals surface area contributed by atoms with Gasteiger partial charge in [0.25, 0.3) is 0 Å². The van der Waals surface area contributed by atoms with Crippen molar-refractivity contribution in [2.75, 3.05) is 6.61 Å². The molecular formula is C20H24OS2. The molecule has 23 heavy (non-hydrogen) atoms. The fourth-order valence-corrected chi connectivity index (χ4v) is 9.91. The maximum atomic E-state index is 6.03. The lowest BCUT2D eigenvalue weighted by atomic mass is 9.68. The Morgan fingerprint density at radius 2 is 1.87 bits per heavy atom. The van der Waals surface area contributed by atoms with Gasteiger partial charge in [0, 0.05) is 26.9 Å². The summed E-state index contributed by atoms with van der Waals surface area (Å²) in [4.78, 5) is 0. The minimum absolute atomic E-state index is 0.783. The van der Waals surface area contributed by atoms with Crippen LogP contribution in [0.3, 0.4) is 0 Å². The van der Waals surface area contributed by atoms with Crippen LogP contribution in [0.4, 0.5) is 0 Å². The number of thioether (sulfide) groups is 2. The lowest BCUT2D eigenvalue weighted by Crippen LogP contribution is -2.41. The summed E-state index contributed by atoms with van der Waals surface area (Å²) >= 11 is 4.65. The second kappa shape index (κ2) is 5.77. The third-order valence-electron chi connectivity index (χ3n) is 6.33. The minimum atomic E-state index is 0.783. The number of fused-ring (bicyclic) bond motifs is 9. The quantitative estimate of drug-likeness (QED) is 0.705. The van der Waals surface area contributed by atoms with Gasteiger partial charge in [0.1, 0.15) is 0 Å². The summed E-state index contributed by atoms with van der Waals surface area (Å²) in [5.41, 5.74) is 2.49. The first-order chi connectivity index (χ1) is 11.3. The van der Waals surface area contributed by atoms with Crippen molar-refractivity contribution in [3.8, 4) is 0 Å². The van der Waals surface area contributed by atoms with Crippen LogP contribution in [0.25, 0.3) is 5.57 Å². The van der Waals surface area contributed by atoms with Crippen molar-refractivity contribution in [1.29, 1.82) is 0 Å². The van der Waals surface area contributed by atoms with Crippen LogP contribution < -0.4 is 0 Å². The Hall–Kier alpha value is -0.540. The molecule has 3 heteroatoms. The van der Waals surface area contributed by atoms with Crippen molar-refractivity contribution in [3.05, 3.63) is 42.2 Å². The lowest BCUT2D eigenvalue weighted by molar-refractivity contribution is 0.131. The van der Waals surface area contributed by atoms with Gasteiger partial charge in [0.2, 0.25) is 0 Å². The van der Waals surface area contributed by atoms with E-state index < -0.39 is 0 Å². The maximum Gasteiger partial charge on any atom is 0.0912 e. The highest BCUT2D eigenvalue weighted by atomic mass is 32.2. The Morgan fingerprint density at radius 1 is 1.09 bits per heavy atom. The summed E-state index contributed by atoms with van der Waals surface area (Å²) in [6.07, 6.45) is 6.37. The molecule has 0 aromatic heterocycles. The summed E-state index contributed by atoms with van der Waals surface area (Å²) in [6, 6.07) is 10.5. The molecule has 0 aliphatic carbocycles. The number of ether oxygens (including phenoxy) is 1. The first-order valence-electron chi connectivity index (χ1n) is 8.96. The molecule has 4 bridgehead atoms. The molecule has 5 rings (SSSR count). The van der Waals surface area contributed by atoms with Crippen molar-refractivity contribution < 1.29 is 4.74 Å². The number of rotatable bonds is 4. The van der Waals surface area contributed by atoms with Gasteiger partial charge in [0.15, 0.2) is 0 Å². The van der Waals surface area contributed by atoms with E-state index in [-0.39, 0.29) is 0 Å². The van der Waals surface area contributed by atoms with Gasteiger partial charge in [-0.2, -0.15) is 23.5 Å². The molecule has 122 valence electrons. The SMILES string of the molecule is C/C(=C/OCC1CC2SC1C1C3CCC(S3)C21)c1ccccc1. The molecule has 1 nitrogen and oxygen atoms in total. The molecule has 0 spiro atoms. The van der Waals surface area contributed by atoms with Crippen molar-refractivity contribution in [2.24, 2.45) is 17.8 Å². The molecule has 4 saturated heterocycles. The van der Waals surface area contributed by atoms with Gasteiger partial charge in [-0.3, -0.25) is 0 Å². The highest BCUT2D eigenvalue weighted by Crippen LogP contribution is 2.68. The van der Waals surface area contributed by atoms with Crippen molar-refractivity contribution in [2.45, 2.75) is 47.2 Å². The van der Waals surface area contributed by atoms with Crippen LogP contribution in [-0.4, -0.2) is 27.6 Å².